The molecule has 0 aliphatic carbocycles. The Hall–Kier alpha value is -1.64. The Bertz CT molecular complexity index is 474. The molecule has 74 valence electrons. The van der Waals surface area contributed by atoms with Crippen molar-refractivity contribution in [1.29, 1.82) is 0 Å². The second-order valence-electron chi connectivity index (χ2n) is 2.67. The molecule has 0 fully saturated rings. The van der Waals surface area contributed by atoms with E-state index in [9.17, 15) is 4.79 Å². The summed E-state index contributed by atoms with van der Waals surface area (Å²) in [5.41, 5.74) is 0.922. The summed E-state index contributed by atoms with van der Waals surface area (Å²) >= 11 is 0. The molecule has 2 aromatic rings. The van der Waals surface area contributed by atoms with E-state index in [1.165, 1.54) is 0 Å². The van der Waals surface area contributed by atoms with Crippen molar-refractivity contribution in [2.75, 3.05) is 0 Å². The molecule has 0 aliphatic heterocycles. The molecule has 0 unspecified atom stereocenters. The van der Waals surface area contributed by atoms with Crippen LogP contribution in [0.1, 0.15) is 13.8 Å². The number of rotatable bonds is 0. The average molecular weight is 190 g/mol. The molecule has 2 rings (SSSR count). The van der Waals surface area contributed by atoms with E-state index >= 15 is 0 Å². The zero-order chi connectivity index (χ0) is 10.6. The van der Waals surface area contributed by atoms with E-state index in [1.807, 2.05) is 19.9 Å². The highest BCUT2D eigenvalue weighted by atomic mass is 16.1. The summed E-state index contributed by atoms with van der Waals surface area (Å²) in [4.78, 5) is 15.1. The number of nitrogens with zero attached hydrogens (tertiary/aromatic N) is 2. The average Bonchev–Trinajstić information content (AvgIpc) is 2.27. The Morgan fingerprint density at radius 2 is 1.93 bits per heavy atom. The van der Waals surface area contributed by atoms with Gasteiger partial charge in [0.2, 0.25) is 0 Å². The molecule has 2 aromatic heterocycles. The molecule has 3 nitrogen and oxygen atoms in total. The van der Waals surface area contributed by atoms with Crippen molar-refractivity contribution in [3.8, 4) is 0 Å². The molecule has 0 saturated heterocycles. The number of fused-ring (bicyclic) bond motifs is 1. The number of aryl methyl sites for hydroxylation is 1. The van der Waals surface area contributed by atoms with Gasteiger partial charge in [0, 0.05) is 30.9 Å². The van der Waals surface area contributed by atoms with E-state index < -0.39 is 0 Å². The number of pyridine rings is 2. The van der Waals surface area contributed by atoms with E-state index in [4.69, 9.17) is 0 Å². The first-order chi connectivity index (χ1) is 6.79. The predicted octanol–water partition coefficient (Wildman–Crippen LogP) is 1.96. The van der Waals surface area contributed by atoms with Crippen LogP contribution < -0.4 is 5.56 Å². The van der Waals surface area contributed by atoms with Crippen LogP contribution in [0.3, 0.4) is 0 Å². The monoisotopic (exact) mass is 190 g/mol. The highest BCUT2D eigenvalue weighted by Gasteiger charge is 1.96. The third-order valence-electron chi connectivity index (χ3n) is 1.93. The summed E-state index contributed by atoms with van der Waals surface area (Å²) < 4.78 is 1.61. The fraction of sp³-hybridized carbons (Fsp3) is 0.273. The molecule has 14 heavy (non-hydrogen) atoms. The SMILES string of the molecule is CC.Cn1c(=O)ccc2cnccc21. The zero-order valence-electron chi connectivity index (χ0n) is 8.69. The standard InChI is InChI=1S/C9H8N2O.C2H6/c1-11-8-4-5-10-6-7(8)2-3-9(11)12;1-2/h2-6H,1H3;1-2H3. The summed E-state index contributed by atoms with van der Waals surface area (Å²) in [6.07, 6.45) is 3.43. The van der Waals surface area contributed by atoms with Crippen molar-refractivity contribution < 1.29 is 0 Å². The molecule has 0 aliphatic rings. The lowest BCUT2D eigenvalue weighted by molar-refractivity contribution is 0.905. The maximum absolute atomic E-state index is 11.2. The molecule has 0 saturated carbocycles. The van der Waals surface area contributed by atoms with Gasteiger partial charge in [0.1, 0.15) is 0 Å². The van der Waals surface area contributed by atoms with Gasteiger partial charge in [-0.05, 0) is 12.1 Å². The fourth-order valence-corrected chi connectivity index (χ4v) is 1.22. The minimum atomic E-state index is 0.00806. The van der Waals surface area contributed by atoms with E-state index in [-0.39, 0.29) is 5.56 Å². The van der Waals surface area contributed by atoms with Crippen LogP contribution in [0.2, 0.25) is 0 Å². The Morgan fingerprint density at radius 3 is 2.64 bits per heavy atom. The van der Waals surface area contributed by atoms with Gasteiger partial charge in [-0.15, -0.1) is 0 Å². The van der Waals surface area contributed by atoms with Crippen molar-refractivity contribution in [3.63, 3.8) is 0 Å². The van der Waals surface area contributed by atoms with Crippen molar-refractivity contribution in [3.05, 3.63) is 40.9 Å². The van der Waals surface area contributed by atoms with Crippen LogP contribution in [-0.2, 0) is 7.05 Å². The maximum Gasteiger partial charge on any atom is 0.250 e. The molecular weight excluding hydrogens is 176 g/mol. The highest BCUT2D eigenvalue weighted by Crippen LogP contribution is 2.06. The number of hydrogen-bond donors (Lipinski definition) is 0. The molecule has 3 heteroatoms. The Kier molecular flexibility index (Phi) is 3.40. The smallest absolute Gasteiger partial charge is 0.250 e. The van der Waals surface area contributed by atoms with Crippen LogP contribution >= 0.6 is 0 Å². The van der Waals surface area contributed by atoms with Gasteiger partial charge in [-0.1, -0.05) is 13.8 Å². The first-order valence-electron chi connectivity index (χ1n) is 4.69. The zero-order valence-corrected chi connectivity index (χ0v) is 8.69. The third kappa shape index (κ3) is 1.82. The quantitative estimate of drug-likeness (QED) is 0.636. The molecule has 0 spiro atoms. The minimum Gasteiger partial charge on any atom is -0.311 e. The molecule has 2 heterocycles. The summed E-state index contributed by atoms with van der Waals surface area (Å²) in [5, 5.41) is 0.986. The predicted molar refractivity (Wildman–Crippen MR) is 58.3 cm³/mol. The van der Waals surface area contributed by atoms with Gasteiger partial charge in [0.05, 0.1) is 5.52 Å². The molecule has 0 atom stereocenters. The van der Waals surface area contributed by atoms with Gasteiger partial charge < -0.3 is 4.57 Å². The third-order valence-corrected chi connectivity index (χ3v) is 1.93. The lowest BCUT2D eigenvalue weighted by atomic mass is 10.3. The van der Waals surface area contributed by atoms with Gasteiger partial charge in [0.15, 0.2) is 0 Å². The summed E-state index contributed by atoms with van der Waals surface area (Å²) in [6, 6.07) is 5.16. The van der Waals surface area contributed by atoms with Gasteiger partial charge in [-0.3, -0.25) is 9.78 Å². The van der Waals surface area contributed by atoms with Crippen molar-refractivity contribution >= 4 is 10.9 Å². The fourth-order valence-electron chi connectivity index (χ4n) is 1.22. The lowest BCUT2D eigenvalue weighted by Gasteiger charge is -2.01. The van der Waals surface area contributed by atoms with Crippen molar-refractivity contribution in [2.24, 2.45) is 7.05 Å². The van der Waals surface area contributed by atoms with Crippen LogP contribution in [0.15, 0.2) is 35.4 Å². The summed E-state index contributed by atoms with van der Waals surface area (Å²) in [7, 11) is 1.75. The van der Waals surface area contributed by atoms with Gasteiger partial charge in [0.25, 0.3) is 5.56 Å². The van der Waals surface area contributed by atoms with E-state index in [1.54, 1.807) is 36.1 Å². The van der Waals surface area contributed by atoms with E-state index in [0.717, 1.165) is 10.9 Å². The van der Waals surface area contributed by atoms with E-state index in [2.05, 4.69) is 4.98 Å². The van der Waals surface area contributed by atoms with Gasteiger partial charge in [-0.2, -0.15) is 0 Å². The molecule has 0 aromatic carbocycles. The largest absolute Gasteiger partial charge is 0.311 e. The molecule has 0 amide bonds. The molecular formula is C11H14N2O. The first-order valence-corrected chi connectivity index (χ1v) is 4.69. The van der Waals surface area contributed by atoms with Crippen molar-refractivity contribution in [2.45, 2.75) is 13.8 Å². The Balaban J connectivity index is 0.000000461. The van der Waals surface area contributed by atoms with Crippen LogP contribution in [0.4, 0.5) is 0 Å². The van der Waals surface area contributed by atoms with Crippen molar-refractivity contribution in [1.82, 2.24) is 9.55 Å². The van der Waals surface area contributed by atoms with Crippen LogP contribution in [0.25, 0.3) is 10.9 Å². The Labute approximate surface area is 83.0 Å². The normalized spacial score (nSPS) is 9.36. The summed E-state index contributed by atoms with van der Waals surface area (Å²) in [5.74, 6) is 0. The topological polar surface area (TPSA) is 34.9 Å². The minimum absolute atomic E-state index is 0.00806. The van der Waals surface area contributed by atoms with Crippen LogP contribution in [0, 0.1) is 0 Å². The maximum atomic E-state index is 11.2. The van der Waals surface area contributed by atoms with Gasteiger partial charge >= 0.3 is 0 Å². The number of aromatic nitrogens is 2. The lowest BCUT2D eigenvalue weighted by Crippen LogP contribution is -2.14. The second kappa shape index (κ2) is 4.56. The highest BCUT2D eigenvalue weighted by molar-refractivity contribution is 5.77. The molecule has 0 N–H and O–H groups in total. The van der Waals surface area contributed by atoms with Gasteiger partial charge in [-0.25, -0.2) is 0 Å². The molecule has 0 bridgehead atoms. The van der Waals surface area contributed by atoms with E-state index in [0.29, 0.717) is 0 Å². The summed E-state index contributed by atoms with van der Waals surface area (Å²) in [6.45, 7) is 4.00. The second-order valence-corrected chi connectivity index (χ2v) is 2.67. The van der Waals surface area contributed by atoms with Crippen LogP contribution in [0.5, 0.6) is 0 Å². The Morgan fingerprint density at radius 1 is 1.21 bits per heavy atom. The molecule has 0 radical (unpaired) electrons. The first kappa shape index (κ1) is 10.4. The van der Waals surface area contributed by atoms with Crippen LogP contribution in [-0.4, -0.2) is 9.55 Å². The number of hydrogen-bond acceptors (Lipinski definition) is 2.